The maximum Gasteiger partial charge on any atom is 0.179 e. The van der Waals surface area contributed by atoms with E-state index in [0.29, 0.717) is 37.6 Å². The summed E-state index contributed by atoms with van der Waals surface area (Å²) in [6.45, 7) is 0.681. The van der Waals surface area contributed by atoms with Crippen LogP contribution in [-0.2, 0) is 40.7 Å². The van der Waals surface area contributed by atoms with E-state index in [1.165, 1.54) is 10.8 Å². The lowest BCUT2D eigenvalue weighted by atomic mass is 10.1. The lowest BCUT2D eigenvalue weighted by molar-refractivity contribution is 0.229. The number of benzene rings is 2. The van der Waals surface area contributed by atoms with Gasteiger partial charge in [0.25, 0.3) is 0 Å². The number of unbranched alkanes of at least 4 members (excludes halogenated alkanes) is 1. The van der Waals surface area contributed by atoms with Crippen LogP contribution in [0.15, 0.2) is 59.3 Å². The van der Waals surface area contributed by atoms with Gasteiger partial charge in [-0.3, -0.25) is 0 Å². The molecule has 2 aliphatic rings. The Morgan fingerprint density at radius 3 is 1.47 bits per heavy atom. The minimum Gasteiger partial charge on any atom is -0.492 e. The molecule has 0 atom stereocenters. The summed E-state index contributed by atoms with van der Waals surface area (Å²) in [5.41, 5.74) is 3.08. The summed E-state index contributed by atoms with van der Waals surface area (Å²) < 4.78 is 59.7. The Morgan fingerprint density at radius 2 is 1.03 bits per heavy atom. The van der Waals surface area contributed by atoms with E-state index in [1.54, 1.807) is 12.1 Å². The van der Waals surface area contributed by atoms with Crippen LogP contribution in [0.3, 0.4) is 0 Å². The predicted molar refractivity (Wildman–Crippen MR) is 115 cm³/mol. The second-order valence-electron chi connectivity index (χ2n) is 7.30. The van der Waals surface area contributed by atoms with Crippen molar-refractivity contribution in [2.45, 2.75) is 24.3 Å². The third-order valence-electron chi connectivity index (χ3n) is 4.91. The normalized spacial score (nSPS) is 18.4. The predicted octanol–water partition coefficient (Wildman–Crippen LogP) is 3.65. The van der Waals surface area contributed by atoms with Crippen LogP contribution in [0.4, 0.5) is 0 Å². The van der Waals surface area contributed by atoms with Gasteiger partial charge in [-0.1, -0.05) is 48.5 Å². The number of hydrogen-bond donors (Lipinski definition) is 0. The summed E-state index contributed by atoms with van der Waals surface area (Å²) in [5.74, 6) is 0.716. The van der Waals surface area contributed by atoms with Crippen LogP contribution in [0.5, 0.6) is 0 Å². The summed E-state index contributed by atoms with van der Waals surface area (Å²) in [7, 11) is -6.65. The van der Waals surface area contributed by atoms with Gasteiger partial charge in [0.2, 0.25) is 0 Å². The van der Waals surface area contributed by atoms with Crippen molar-refractivity contribution in [3.8, 4) is 0 Å². The molecule has 2 aromatic rings. The van der Waals surface area contributed by atoms with Crippen molar-refractivity contribution in [1.82, 2.24) is 0 Å². The van der Waals surface area contributed by atoms with Crippen LogP contribution in [0.25, 0.3) is 11.5 Å². The molecule has 0 aromatic heterocycles. The Hall–Kier alpha value is -2.58. The maximum absolute atomic E-state index is 12.1. The largest absolute Gasteiger partial charge is 0.492 e. The molecule has 0 bridgehead atoms. The molecular formula is C22H22O6S2. The SMILES string of the molecule is O=S1(=O)C=C(OCCCCOC2=CS(=O)(=O)Cc3ccccc32)c2ccccc2C1. The van der Waals surface area contributed by atoms with Crippen molar-refractivity contribution in [2.75, 3.05) is 13.2 Å². The van der Waals surface area contributed by atoms with Crippen LogP contribution < -0.4 is 0 Å². The molecule has 0 unspecified atom stereocenters. The molecule has 6 nitrogen and oxygen atoms in total. The molecule has 2 aromatic carbocycles. The van der Waals surface area contributed by atoms with Crippen molar-refractivity contribution in [3.63, 3.8) is 0 Å². The summed E-state index contributed by atoms with van der Waals surface area (Å²) in [6.07, 6.45) is 1.28. The molecule has 0 fully saturated rings. The second-order valence-corrected chi connectivity index (χ2v) is 11.0. The first-order valence-corrected chi connectivity index (χ1v) is 13.1. The van der Waals surface area contributed by atoms with Crippen LogP contribution in [0.2, 0.25) is 0 Å². The number of rotatable bonds is 7. The molecule has 0 aliphatic carbocycles. The molecule has 158 valence electrons. The fraction of sp³-hybridized carbons (Fsp3) is 0.273. The van der Waals surface area contributed by atoms with Gasteiger partial charge in [0.1, 0.15) is 11.5 Å². The molecule has 8 heteroatoms. The second kappa shape index (κ2) is 8.28. The molecule has 0 spiro atoms. The summed E-state index contributed by atoms with van der Waals surface area (Å²) in [6, 6.07) is 14.6. The van der Waals surface area contributed by atoms with Gasteiger partial charge in [0.15, 0.2) is 19.7 Å². The number of ether oxygens (including phenoxy) is 2. The topological polar surface area (TPSA) is 86.7 Å². The zero-order chi connectivity index (χ0) is 21.2. The van der Waals surface area contributed by atoms with E-state index in [1.807, 2.05) is 36.4 Å². The van der Waals surface area contributed by atoms with Crippen LogP contribution >= 0.6 is 0 Å². The minimum absolute atomic E-state index is 0.0105. The van der Waals surface area contributed by atoms with Gasteiger partial charge in [0, 0.05) is 11.1 Å². The van der Waals surface area contributed by atoms with Gasteiger partial charge >= 0.3 is 0 Å². The fourth-order valence-corrected chi connectivity index (χ4v) is 6.11. The first kappa shape index (κ1) is 20.7. The average Bonchev–Trinajstić information content (AvgIpc) is 2.68. The number of fused-ring (bicyclic) bond motifs is 2. The highest BCUT2D eigenvalue weighted by Gasteiger charge is 2.24. The zero-order valence-electron chi connectivity index (χ0n) is 16.3. The Labute approximate surface area is 176 Å². The van der Waals surface area contributed by atoms with E-state index in [2.05, 4.69) is 0 Å². The molecule has 0 radical (unpaired) electrons. The first-order valence-electron chi connectivity index (χ1n) is 9.64. The molecule has 30 heavy (non-hydrogen) atoms. The lowest BCUT2D eigenvalue weighted by Gasteiger charge is -2.19. The standard InChI is InChI=1S/C22H22O6S2/c23-29(24)13-17-7-1-3-9-19(17)21(15-29)27-11-5-6-12-28-22-16-30(25,26)14-18-8-2-4-10-20(18)22/h1-4,7-10,15-16H,5-6,11-14H2. The third kappa shape index (κ3) is 4.76. The smallest absolute Gasteiger partial charge is 0.179 e. The summed E-state index contributed by atoms with van der Waals surface area (Å²) in [4.78, 5) is 0. The van der Waals surface area contributed by atoms with Crippen molar-refractivity contribution in [2.24, 2.45) is 0 Å². The third-order valence-corrected chi connectivity index (χ3v) is 7.48. The maximum atomic E-state index is 12.1. The van der Waals surface area contributed by atoms with Gasteiger partial charge in [0.05, 0.1) is 35.5 Å². The Morgan fingerprint density at radius 1 is 0.633 bits per heavy atom. The molecule has 4 rings (SSSR count). The van der Waals surface area contributed by atoms with Crippen molar-refractivity contribution in [1.29, 1.82) is 0 Å². The monoisotopic (exact) mass is 446 g/mol. The molecule has 0 N–H and O–H groups in total. The van der Waals surface area contributed by atoms with E-state index < -0.39 is 19.7 Å². The van der Waals surface area contributed by atoms with Crippen molar-refractivity contribution < 1.29 is 26.3 Å². The van der Waals surface area contributed by atoms with E-state index in [-0.39, 0.29) is 11.5 Å². The number of hydrogen-bond acceptors (Lipinski definition) is 6. The van der Waals surface area contributed by atoms with Gasteiger partial charge in [-0.25, -0.2) is 16.8 Å². The Balaban J connectivity index is 1.31. The van der Waals surface area contributed by atoms with Crippen molar-refractivity contribution in [3.05, 3.63) is 81.6 Å². The van der Waals surface area contributed by atoms with E-state index in [0.717, 1.165) is 22.3 Å². The molecule has 0 amide bonds. The molecule has 2 aliphatic heterocycles. The Kier molecular flexibility index (Phi) is 5.71. The quantitative estimate of drug-likeness (QED) is 0.604. The summed E-state index contributed by atoms with van der Waals surface area (Å²) >= 11 is 0. The molecule has 0 saturated carbocycles. The van der Waals surface area contributed by atoms with Gasteiger partial charge < -0.3 is 9.47 Å². The lowest BCUT2D eigenvalue weighted by Crippen LogP contribution is -2.12. The van der Waals surface area contributed by atoms with E-state index >= 15 is 0 Å². The summed E-state index contributed by atoms with van der Waals surface area (Å²) in [5, 5.41) is 2.39. The van der Waals surface area contributed by atoms with Gasteiger partial charge in [-0.2, -0.15) is 0 Å². The highest BCUT2D eigenvalue weighted by molar-refractivity contribution is 7.94. The highest BCUT2D eigenvalue weighted by atomic mass is 32.2. The Bertz CT molecular complexity index is 1130. The van der Waals surface area contributed by atoms with E-state index in [4.69, 9.17) is 9.47 Å². The van der Waals surface area contributed by atoms with Crippen LogP contribution in [0.1, 0.15) is 35.1 Å². The average molecular weight is 447 g/mol. The van der Waals surface area contributed by atoms with Crippen LogP contribution in [-0.4, -0.2) is 30.0 Å². The molecular weight excluding hydrogens is 424 g/mol. The fourth-order valence-electron chi connectivity index (χ4n) is 3.53. The molecule has 2 heterocycles. The zero-order valence-corrected chi connectivity index (χ0v) is 17.9. The molecule has 0 saturated heterocycles. The minimum atomic E-state index is -3.32. The van der Waals surface area contributed by atoms with Gasteiger partial charge in [-0.15, -0.1) is 0 Å². The van der Waals surface area contributed by atoms with Crippen molar-refractivity contribution >= 4 is 31.2 Å². The first-order chi connectivity index (χ1) is 14.3. The van der Waals surface area contributed by atoms with E-state index in [9.17, 15) is 16.8 Å². The highest BCUT2D eigenvalue weighted by Crippen LogP contribution is 2.30. The number of sulfone groups is 2. The van der Waals surface area contributed by atoms with Gasteiger partial charge in [-0.05, 0) is 24.0 Å². The van der Waals surface area contributed by atoms with Crippen LogP contribution in [0, 0.1) is 0 Å².